The quantitative estimate of drug-likeness (QED) is 0.507. The minimum absolute atomic E-state index is 0.193. The van der Waals surface area contributed by atoms with Gasteiger partial charge in [-0.15, -0.1) is 0 Å². The summed E-state index contributed by atoms with van der Waals surface area (Å²) in [6.45, 7) is 0.542. The smallest absolute Gasteiger partial charge is 0.310 e. The molecule has 0 saturated heterocycles. The number of nitrogens with one attached hydrogen (secondary N) is 1. The molecular formula is C24H20N2O4S. The summed E-state index contributed by atoms with van der Waals surface area (Å²) < 4.78 is 6.90. The summed E-state index contributed by atoms with van der Waals surface area (Å²) in [6, 6.07) is 21.6. The van der Waals surface area contributed by atoms with E-state index in [1.165, 1.54) is 4.57 Å². The van der Waals surface area contributed by atoms with Crippen LogP contribution in [0.15, 0.2) is 82.4 Å². The highest BCUT2D eigenvalue weighted by Gasteiger charge is 2.12. The van der Waals surface area contributed by atoms with Gasteiger partial charge in [0.25, 0.3) is 11.5 Å². The van der Waals surface area contributed by atoms with Gasteiger partial charge >= 0.3 is 4.87 Å². The predicted molar refractivity (Wildman–Crippen MR) is 122 cm³/mol. The topological polar surface area (TPSA) is 77.4 Å². The average molecular weight is 433 g/mol. The Hall–Kier alpha value is -3.71. The van der Waals surface area contributed by atoms with E-state index in [1.807, 2.05) is 54.6 Å². The maximum Gasteiger partial charge on any atom is 0.310 e. The Morgan fingerprint density at radius 3 is 2.42 bits per heavy atom. The maximum absolute atomic E-state index is 13.0. The van der Waals surface area contributed by atoms with E-state index < -0.39 is 5.56 Å². The summed E-state index contributed by atoms with van der Waals surface area (Å²) in [5.41, 5.74) is 1.77. The van der Waals surface area contributed by atoms with Gasteiger partial charge in [-0.05, 0) is 41.5 Å². The Morgan fingerprint density at radius 1 is 0.968 bits per heavy atom. The van der Waals surface area contributed by atoms with E-state index in [9.17, 15) is 14.4 Å². The second-order valence-corrected chi connectivity index (χ2v) is 7.98. The van der Waals surface area contributed by atoms with Gasteiger partial charge in [0.15, 0.2) is 0 Å². The molecule has 156 valence electrons. The molecule has 0 fully saturated rings. The van der Waals surface area contributed by atoms with Gasteiger partial charge in [0.2, 0.25) is 0 Å². The van der Waals surface area contributed by atoms with Crippen molar-refractivity contribution in [1.82, 2.24) is 9.88 Å². The maximum atomic E-state index is 13.0. The van der Waals surface area contributed by atoms with Gasteiger partial charge in [0, 0.05) is 16.8 Å². The van der Waals surface area contributed by atoms with Crippen LogP contribution < -0.4 is 20.5 Å². The van der Waals surface area contributed by atoms with Crippen molar-refractivity contribution in [2.75, 3.05) is 7.11 Å². The first-order chi connectivity index (χ1) is 15.0. The van der Waals surface area contributed by atoms with Gasteiger partial charge in [0.1, 0.15) is 5.75 Å². The number of rotatable bonds is 6. The number of hydrogen-bond donors (Lipinski definition) is 1. The Balaban J connectivity index is 1.59. The summed E-state index contributed by atoms with van der Waals surface area (Å²) in [4.78, 5) is 37.8. The SMILES string of the molecule is COc1ccc(CNC(=O)c2ccc3sc(=O)n(Cc4ccccc4)c(=O)c3c2)cc1. The molecule has 4 aromatic rings. The first kappa shape index (κ1) is 20.6. The van der Waals surface area contributed by atoms with Crippen LogP contribution in [0.2, 0.25) is 0 Å². The van der Waals surface area contributed by atoms with Gasteiger partial charge in [-0.3, -0.25) is 19.0 Å². The van der Waals surface area contributed by atoms with E-state index in [1.54, 1.807) is 25.3 Å². The molecule has 0 spiro atoms. The van der Waals surface area contributed by atoms with E-state index in [0.717, 1.165) is 28.2 Å². The van der Waals surface area contributed by atoms with E-state index in [0.29, 0.717) is 22.2 Å². The lowest BCUT2D eigenvalue weighted by Crippen LogP contribution is -2.31. The Morgan fingerprint density at radius 2 is 1.71 bits per heavy atom. The van der Waals surface area contributed by atoms with Crippen LogP contribution in [-0.4, -0.2) is 17.6 Å². The molecule has 0 unspecified atom stereocenters. The van der Waals surface area contributed by atoms with E-state index >= 15 is 0 Å². The molecule has 1 amide bonds. The van der Waals surface area contributed by atoms with E-state index in [4.69, 9.17) is 4.74 Å². The Kier molecular flexibility index (Phi) is 5.95. The van der Waals surface area contributed by atoms with Gasteiger partial charge in [-0.1, -0.05) is 53.8 Å². The monoisotopic (exact) mass is 432 g/mol. The van der Waals surface area contributed by atoms with Gasteiger partial charge in [0.05, 0.1) is 19.0 Å². The number of carbonyl (C=O) groups excluding carboxylic acids is 1. The summed E-state index contributed by atoms with van der Waals surface area (Å²) in [5.74, 6) is 0.457. The zero-order valence-corrected chi connectivity index (χ0v) is 17.6. The van der Waals surface area contributed by atoms with Crippen LogP contribution >= 0.6 is 11.3 Å². The highest BCUT2D eigenvalue weighted by molar-refractivity contribution is 7.16. The van der Waals surface area contributed by atoms with Crippen molar-refractivity contribution in [3.8, 4) is 5.75 Å². The summed E-state index contributed by atoms with van der Waals surface area (Å²) in [5, 5.41) is 3.21. The van der Waals surface area contributed by atoms with Gasteiger partial charge in [-0.25, -0.2) is 0 Å². The largest absolute Gasteiger partial charge is 0.497 e. The Bertz CT molecular complexity index is 1340. The van der Waals surface area contributed by atoms with E-state index in [-0.39, 0.29) is 17.3 Å². The number of carbonyl (C=O) groups is 1. The van der Waals surface area contributed by atoms with Gasteiger partial charge < -0.3 is 10.1 Å². The molecule has 0 bridgehead atoms. The van der Waals surface area contributed by atoms with Crippen LogP contribution in [0, 0.1) is 0 Å². The molecular weight excluding hydrogens is 412 g/mol. The fraction of sp³-hybridized carbons (Fsp3) is 0.125. The number of methoxy groups -OCH3 is 1. The summed E-state index contributed by atoms with van der Waals surface area (Å²) >= 11 is 1.000. The second kappa shape index (κ2) is 8.97. The van der Waals surface area contributed by atoms with Crippen LogP contribution in [-0.2, 0) is 13.1 Å². The number of aromatic nitrogens is 1. The predicted octanol–water partition coefficient (Wildman–Crippen LogP) is 3.41. The lowest BCUT2D eigenvalue weighted by Gasteiger charge is -2.09. The van der Waals surface area contributed by atoms with Crippen molar-refractivity contribution in [3.05, 3.63) is 110 Å². The molecule has 31 heavy (non-hydrogen) atoms. The third-order valence-electron chi connectivity index (χ3n) is 4.93. The minimum Gasteiger partial charge on any atom is -0.497 e. The molecule has 0 saturated carbocycles. The first-order valence-corrected chi connectivity index (χ1v) is 10.5. The number of fused-ring (bicyclic) bond motifs is 1. The van der Waals surface area contributed by atoms with Crippen molar-refractivity contribution in [1.29, 1.82) is 0 Å². The molecule has 4 rings (SSSR count). The Labute approximate surface area is 182 Å². The molecule has 1 heterocycles. The number of amides is 1. The molecule has 0 aliphatic rings. The van der Waals surface area contributed by atoms with Crippen molar-refractivity contribution < 1.29 is 9.53 Å². The fourth-order valence-electron chi connectivity index (χ4n) is 3.23. The van der Waals surface area contributed by atoms with Crippen LogP contribution in [0.25, 0.3) is 10.1 Å². The molecule has 1 N–H and O–H groups in total. The number of ether oxygens (including phenoxy) is 1. The second-order valence-electron chi connectivity index (χ2n) is 6.99. The number of benzene rings is 3. The molecule has 1 aromatic heterocycles. The molecule has 0 aliphatic heterocycles. The van der Waals surface area contributed by atoms with Crippen LogP contribution in [0.5, 0.6) is 5.75 Å². The zero-order chi connectivity index (χ0) is 21.8. The molecule has 0 aliphatic carbocycles. The van der Waals surface area contributed by atoms with Crippen molar-refractivity contribution >= 4 is 27.3 Å². The molecule has 3 aromatic carbocycles. The molecule has 0 radical (unpaired) electrons. The average Bonchev–Trinajstić information content (AvgIpc) is 2.81. The minimum atomic E-state index is -0.396. The number of hydrogen-bond acceptors (Lipinski definition) is 5. The number of nitrogens with zero attached hydrogens (tertiary/aromatic N) is 1. The summed E-state index contributed by atoms with van der Waals surface area (Å²) in [7, 11) is 1.60. The van der Waals surface area contributed by atoms with E-state index in [2.05, 4.69) is 5.32 Å². The highest BCUT2D eigenvalue weighted by Crippen LogP contribution is 2.16. The highest BCUT2D eigenvalue weighted by atomic mass is 32.1. The fourth-order valence-corrected chi connectivity index (χ4v) is 4.07. The molecule has 0 atom stereocenters. The normalized spacial score (nSPS) is 10.7. The molecule has 6 nitrogen and oxygen atoms in total. The lowest BCUT2D eigenvalue weighted by molar-refractivity contribution is 0.0951. The van der Waals surface area contributed by atoms with Crippen molar-refractivity contribution in [2.24, 2.45) is 0 Å². The third-order valence-corrected chi connectivity index (χ3v) is 5.90. The zero-order valence-electron chi connectivity index (χ0n) is 16.8. The van der Waals surface area contributed by atoms with Crippen molar-refractivity contribution in [2.45, 2.75) is 13.1 Å². The molecule has 7 heteroatoms. The van der Waals surface area contributed by atoms with Crippen molar-refractivity contribution in [3.63, 3.8) is 0 Å². The first-order valence-electron chi connectivity index (χ1n) is 9.68. The summed E-state index contributed by atoms with van der Waals surface area (Å²) in [6.07, 6.45) is 0. The van der Waals surface area contributed by atoms with Crippen LogP contribution in [0.3, 0.4) is 0 Å². The standard InChI is InChI=1S/C24H20N2O4S/c1-30-19-10-7-16(8-11-19)14-25-22(27)18-9-12-21-20(13-18)23(28)26(24(29)31-21)15-17-5-3-2-4-6-17/h2-13H,14-15H2,1H3,(H,25,27). The lowest BCUT2D eigenvalue weighted by atomic mass is 10.1. The third kappa shape index (κ3) is 4.57. The van der Waals surface area contributed by atoms with Crippen LogP contribution in [0.4, 0.5) is 0 Å². The van der Waals surface area contributed by atoms with Gasteiger partial charge in [-0.2, -0.15) is 0 Å². The van der Waals surface area contributed by atoms with Crippen LogP contribution in [0.1, 0.15) is 21.5 Å².